The van der Waals surface area contributed by atoms with Gasteiger partial charge in [0.25, 0.3) is 0 Å². The lowest BCUT2D eigenvalue weighted by molar-refractivity contribution is -0.123. The summed E-state index contributed by atoms with van der Waals surface area (Å²) in [6.45, 7) is 5.09. The Balaban J connectivity index is 1.46. The van der Waals surface area contributed by atoms with Gasteiger partial charge in [-0.1, -0.05) is 19.8 Å². The molecule has 1 saturated heterocycles. The first-order valence-corrected chi connectivity index (χ1v) is 8.99. The predicted octanol–water partition coefficient (Wildman–Crippen LogP) is 1.90. The van der Waals surface area contributed by atoms with Crippen molar-refractivity contribution in [1.82, 2.24) is 15.5 Å². The maximum Gasteiger partial charge on any atom is 0.234 e. The van der Waals surface area contributed by atoms with Crippen LogP contribution in [0.1, 0.15) is 58.3 Å². The second-order valence-electron chi connectivity index (χ2n) is 7.39. The van der Waals surface area contributed by atoms with Crippen LogP contribution in [-0.4, -0.2) is 48.6 Å². The average Bonchev–Trinajstić information content (AvgIpc) is 3.19. The summed E-state index contributed by atoms with van der Waals surface area (Å²) in [7, 11) is 0. The molecule has 3 rings (SSSR count). The lowest BCUT2D eigenvalue weighted by Crippen LogP contribution is -2.48. The first-order valence-electron chi connectivity index (χ1n) is 8.99. The monoisotopic (exact) mass is 293 g/mol. The minimum atomic E-state index is 0.249. The van der Waals surface area contributed by atoms with Gasteiger partial charge in [-0.3, -0.25) is 9.69 Å². The molecule has 21 heavy (non-hydrogen) atoms. The van der Waals surface area contributed by atoms with E-state index in [-0.39, 0.29) is 5.91 Å². The maximum atomic E-state index is 12.4. The van der Waals surface area contributed by atoms with Crippen molar-refractivity contribution >= 4 is 5.91 Å². The summed E-state index contributed by atoms with van der Waals surface area (Å²) in [5, 5.41) is 6.86. The minimum Gasteiger partial charge on any atom is -0.352 e. The van der Waals surface area contributed by atoms with Crippen molar-refractivity contribution in [2.75, 3.05) is 19.6 Å². The molecule has 2 saturated carbocycles. The molecule has 0 aromatic heterocycles. The topological polar surface area (TPSA) is 44.4 Å². The van der Waals surface area contributed by atoms with Crippen LogP contribution in [0, 0.1) is 5.92 Å². The molecule has 3 aliphatic rings. The predicted molar refractivity (Wildman–Crippen MR) is 85.2 cm³/mol. The zero-order valence-electron chi connectivity index (χ0n) is 13.4. The molecule has 4 heteroatoms. The number of carbonyl (C=O) groups is 1. The second-order valence-corrected chi connectivity index (χ2v) is 7.39. The van der Waals surface area contributed by atoms with Gasteiger partial charge in [-0.25, -0.2) is 0 Å². The summed E-state index contributed by atoms with van der Waals surface area (Å²) >= 11 is 0. The van der Waals surface area contributed by atoms with Crippen LogP contribution in [0.3, 0.4) is 0 Å². The molecule has 2 aliphatic carbocycles. The van der Waals surface area contributed by atoms with E-state index in [1.54, 1.807) is 0 Å². The van der Waals surface area contributed by atoms with E-state index in [1.165, 1.54) is 51.4 Å². The van der Waals surface area contributed by atoms with Crippen molar-refractivity contribution < 1.29 is 4.79 Å². The number of hydrogen-bond acceptors (Lipinski definition) is 3. The lowest BCUT2D eigenvalue weighted by Gasteiger charge is -2.31. The van der Waals surface area contributed by atoms with Gasteiger partial charge in [0.1, 0.15) is 0 Å². The molecule has 1 amide bonds. The number of rotatable bonds is 6. The molecule has 0 spiro atoms. The third-order valence-electron chi connectivity index (χ3n) is 5.49. The molecule has 1 aliphatic heterocycles. The van der Waals surface area contributed by atoms with Gasteiger partial charge in [-0.05, 0) is 51.0 Å². The van der Waals surface area contributed by atoms with E-state index in [0.717, 1.165) is 13.1 Å². The summed E-state index contributed by atoms with van der Waals surface area (Å²) in [4.78, 5) is 14.8. The van der Waals surface area contributed by atoms with Gasteiger partial charge in [0.05, 0.1) is 6.54 Å². The van der Waals surface area contributed by atoms with Crippen molar-refractivity contribution in [3.8, 4) is 0 Å². The fourth-order valence-corrected chi connectivity index (χ4v) is 3.95. The Morgan fingerprint density at radius 2 is 1.95 bits per heavy atom. The molecule has 0 aromatic rings. The molecule has 120 valence electrons. The van der Waals surface area contributed by atoms with Gasteiger partial charge in [-0.15, -0.1) is 0 Å². The van der Waals surface area contributed by atoms with Crippen LogP contribution in [0.5, 0.6) is 0 Å². The lowest BCUT2D eigenvalue weighted by atomic mass is 9.86. The number of nitrogens with zero attached hydrogens (tertiary/aromatic N) is 1. The highest BCUT2D eigenvalue weighted by Gasteiger charge is 2.33. The van der Waals surface area contributed by atoms with Crippen LogP contribution >= 0.6 is 0 Å². The van der Waals surface area contributed by atoms with Crippen LogP contribution in [0.2, 0.25) is 0 Å². The molecule has 4 nitrogen and oxygen atoms in total. The molecule has 3 unspecified atom stereocenters. The zero-order chi connectivity index (χ0) is 14.7. The van der Waals surface area contributed by atoms with Crippen molar-refractivity contribution in [1.29, 1.82) is 0 Å². The van der Waals surface area contributed by atoms with Crippen molar-refractivity contribution in [2.24, 2.45) is 5.92 Å². The third kappa shape index (κ3) is 4.43. The van der Waals surface area contributed by atoms with E-state index in [0.29, 0.717) is 30.6 Å². The summed E-state index contributed by atoms with van der Waals surface area (Å²) in [5.74, 6) is 0.896. The molecule has 0 radical (unpaired) electrons. The number of carbonyl (C=O) groups excluding carboxylic acids is 1. The average molecular weight is 293 g/mol. The Morgan fingerprint density at radius 3 is 2.62 bits per heavy atom. The van der Waals surface area contributed by atoms with E-state index < -0.39 is 0 Å². The first kappa shape index (κ1) is 15.3. The van der Waals surface area contributed by atoms with E-state index in [2.05, 4.69) is 22.5 Å². The van der Waals surface area contributed by atoms with E-state index in [9.17, 15) is 4.79 Å². The molecule has 3 fully saturated rings. The standard InChI is InChI=1S/C17H31N3O/c1-13-5-2-3-7-16(13)19-17(21)12-20(15-8-9-15)11-14-6-4-10-18-14/h13-16,18H,2-12H2,1H3,(H,19,21). The Bertz CT molecular complexity index is 350. The summed E-state index contributed by atoms with van der Waals surface area (Å²) in [5.41, 5.74) is 0. The number of nitrogens with one attached hydrogen (secondary N) is 2. The van der Waals surface area contributed by atoms with Crippen LogP contribution in [0.15, 0.2) is 0 Å². The number of amides is 1. The number of hydrogen-bond donors (Lipinski definition) is 2. The van der Waals surface area contributed by atoms with Gasteiger partial charge in [0, 0.05) is 24.7 Å². The van der Waals surface area contributed by atoms with Crippen molar-refractivity contribution in [2.45, 2.75) is 76.4 Å². The van der Waals surface area contributed by atoms with Gasteiger partial charge >= 0.3 is 0 Å². The van der Waals surface area contributed by atoms with Crippen molar-refractivity contribution in [3.63, 3.8) is 0 Å². The summed E-state index contributed by atoms with van der Waals surface area (Å²) < 4.78 is 0. The summed E-state index contributed by atoms with van der Waals surface area (Å²) in [6, 6.07) is 1.69. The van der Waals surface area contributed by atoms with Crippen molar-refractivity contribution in [3.05, 3.63) is 0 Å². The Kier molecular flexibility index (Phi) is 5.17. The van der Waals surface area contributed by atoms with Crippen LogP contribution in [0.4, 0.5) is 0 Å². The SMILES string of the molecule is CC1CCCCC1NC(=O)CN(CC1CCCN1)C1CC1. The van der Waals surface area contributed by atoms with Crippen LogP contribution in [0.25, 0.3) is 0 Å². The minimum absolute atomic E-state index is 0.249. The molecule has 2 N–H and O–H groups in total. The first-order chi connectivity index (χ1) is 10.2. The van der Waals surface area contributed by atoms with E-state index >= 15 is 0 Å². The maximum absolute atomic E-state index is 12.4. The highest BCUT2D eigenvalue weighted by atomic mass is 16.2. The smallest absolute Gasteiger partial charge is 0.234 e. The van der Waals surface area contributed by atoms with Gasteiger partial charge in [0.15, 0.2) is 0 Å². The van der Waals surface area contributed by atoms with Gasteiger partial charge in [-0.2, -0.15) is 0 Å². The fraction of sp³-hybridized carbons (Fsp3) is 0.941. The van der Waals surface area contributed by atoms with Crippen LogP contribution < -0.4 is 10.6 Å². The van der Waals surface area contributed by atoms with E-state index in [4.69, 9.17) is 0 Å². The highest BCUT2D eigenvalue weighted by Crippen LogP contribution is 2.28. The zero-order valence-corrected chi connectivity index (χ0v) is 13.4. The second kappa shape index (κ2) is 7.10. The Hall–Kier alpha value is -0.610. The largest absolute Gasteiger partial charge is 0.352 e. The summed E-state index contributed by atoms with van der Waals surface area (Å²) in [6.07, 6.45) is 10.1. The molecule has 1 heterocycles. The quantitative estimate of drug-likeness (QED) is 0.786. The molecule has 0 bridgehead atoms. The van der Waals surface area contributed by atoms with E-state index in [1.807, 2.05) is 0 Å². The highest BCUT2D eigenvalue weighted by molar-refractivity contribution is 5.78. The third-order valence-corrected chi connectivity index (χ3v) is 5.49. The Morgan fingerprint density at radius 1 is 1.14 bits per heavy atom. The fourth-order valence-electron chi connectivity index (χ4n) is 3.95. The van der Waals surface area contributed by atoms with Crippen LogP contribution in [-0.2, 0) is 4.79 Å². The molecule has 0 aromatic carbocycles. The van der Waals surface area contributed by atoms with Gasteiger partial charge < -0.3 is 10.6 Å². The van der Waals surface area contributed by atoms with Gasteiger partial charge in [0.2, 0.25) is 5.91 Å². The Labute approximate surface area is 129 Å². The molecule has 3 atom stereocenters. The molecular formula is C17H31N3O. The molecular weight excluding hydrogens is 262 g/mol. The normalized spacial score (nSPS) is 33.3.